The summed E-state index contributed by atoms with van der Waals surface area (Å²) in [6.45, 7) is 4.79. The Bertz CT molecular complexity index is 742. The van der Waals surface area contributed by atoms with Crippen molar-refractivity contribution in [3.05, 3.63) is 40.9 Å². The number of hydrogen-bond donors (Lipinski definition) is 1. The molecule has 0 aliphatic rings. The van der Waals surface area contributed by atoms with Crippen molar-refractivity contribution >= 4 is 28.3 Å². The summed E-state index contributed by atoms with van der Waals surface area (Å²) < 4.78 is 5.53. The van der Waals surface area contributed by atoms with E-state index in [1.807, 2.05) is 51.0 Å². The Hall–Kier alpha value is -2.45. The number of ether oxygens (including phenoxy) is 1. The molecule has 27 heavy (non-hydrogen) atoms. The molecule has 8 heteroatoms. The lowest BCUT2D eigenvalue weighted by Crippen LogP contribution is -2.43. The third-order valence-corrected chi connectivity index (χ3v) is 4.87. The number of para-hydroxylation sites is 1. The predicted molar refractivity (Wildman–Crippen MR) is 107 cm³/mol. The number of rotatable bonds is 9. The van der Waals surface area contributed by atoms with Crippen molar-refractivity contribution in [2.24, 2.45) is 0 Å². The summed E-state index contributed by atoms with van der Waals surface area (Å²) in [4.78, 5) is 33.8. The largest absolute Gasteiger partial charge is 0.484 e. The number of carbonyl (C=O) groups excluding carboxylic acids is 2. The first-order valence-corrected chi connectivity index (χ1v) is 9.51. The molecule has 146 valence electrons. The number of aryl methyl sites for hydroxylation is 2. The number of carbonyl (C=O) groups is 2. The fraction of sp³-hybridized carbons (Fsp3) is 0.421. The molecule has 0 bridgehead atoms. The number of anilines is 1. The van der Waals surface area contributed by atoms with Gasteiger partial charge in [-0.15, -0.1) is 11.3 Å². The number of nitrogens with zero attached hydrogens (tertiary/aromatic N) is 3. The normalized spacial score (nSPS) is 10.7. The van der Waals surface area contributed by atoms with Gasteiger partial charge in [-0.3, -0.25) is 9.59 Å². The van der Waals surface area contributed by atoms with E-state index in [2.05, 4.69) is 10.3 Å². The summed E-state index contributed by atoms with van der Waals surface area (Å²) in [6.07, 6.45) is 0. The Balaban J connectivity index is 1.95. The molecule has 1 aromatic heterocycles. The molecule has 0 fully saturated rings. The highest BCUT2D eigenvalue weighted by Crippen LogP contribution is 2.20. The Labute approximate surface area is 164 Å². The van der Waals surface area contributed by atoms with Crippen LogP contribution in [0.4, 0.5) is 5.13 Å². The van der Waals surface area contributed by atoms with Crippen LogP contribution >= 0.6 is 11.3 Å². The van der Waals surface area contributed by atoms with E-state index >= 15 is 0 Å². The van der Waals surface area contributed by atoms with Crippen LogP contribution < -0.4 is 10.1 Å². The third-order valence-electron chi connectivity index (χ3n) is 3.88. The zero-order chi connectivity index (χ0) is 19.8. The molecule has 0 saturated heterocycles. The maximum absolute atomic E-state index is 12.6. The Morgan fingerprint density at radius 1 is 1.15 bits per heavy atom. The Kier molecular flexibility index (Phi) is 7.75. The van der Waals surface area contributed by atoms with Crippen molar-refractivity contribution in [3.8, 4) is 5.75 Å². The molecule has 0 atom stereocenters. The van der Waals surface area contributed by atoms with Gasteiger partial charge >= 0.3 is 0 Å². The summed E-state index contributed by atoms with van der Waals surface area (Å²) in [7, 11) is 3.84. The number of nitrogens with one attached hydrogen (secondary N) is 1. The highest BCUT2D eigenvalue weighted by Gasteiger charge is 2.19. The summed E-state index contributed by atoms with van der Waals surface area (Å²) in [5.74, 6) is 0.120. The summed E-state index contributed by atoms with van der Waals surface area (Å²) in [5, 5.41) is 3.32. The van der Waals surface area contributed by atoms with Crippen molar-refractivity contribution in [1.29, 1.82) is 0 Å². The van der Waals surface area contributed by atoms with E-state index in [1.165, 1.54) is 16.2 Å². The monoisotopic (exact) mass is 390 g/mol. The second-order valence-corrected chi connectivity index (χ2v) is 7.63. The lowest BCUT2D eigenvalue weighted by molar-refractivity contribution is -0.136. The van der Waals surface area contributed by atoms with Crippen molar-refractivity contribution in [2.75, 3.05) is 45.7 Å². The highest BCUT2D eigenvalue weighted by molar-refractivity contribution is 7.15. The molecule has 1 N–H and O–H groups in total. The minimum absolute atomic E-state index is 0.0392. The lowest BCUT2D eigenvalue weighted by atomic mass is 10.3. The number of hydrogen-bond acceptors (Lipinski definition) is 6. The fourth-order valence-electron chi connectivity index (χ4n) is 2.22. The molecule has 1 aromatic carbocycles. The molecular formula is C19H26N4O3S. The molecule has 1 heterocycles. The zero-order valence-corrected chi connectivity index (χ0v) is 17.0. The van der Waals surface area contributed by atoms with Crippen LogP contribution in [0.2, 0.25) is 0 Å². The molecule has 2 aromatic rings. The topological polar surface area (TPSA) is 74.8 Å². The average molecular weight is 391 g/mol. The van der Waals surface area contributed by atoms with Gasteiger partial charge in [0.15, 0.2) is 11.7 Å². The van der Waals surface area contributed by atoms with Gasteiger partial charge in [-0.1, -0.05) is 18.2 Å². The highest BCUT2D eigenvalue weighted by atomic mass is 32.1. The van der Waals surface area contributed by atoms with Crippen LogP contribution in [0.15, 0.2) is 30.3 Å². The molecule has 0 spiro atoms. The molecule has 7 nitrogen and oxygen atoms in total. The van der Waals surface area contributed by atoms with E-state index < -0.39 is 0 Å². The maximum atomic E-state index is 12.6. The molecule has 0 radical (unpaired) electrons. The SMILES string of the molecule is Cc1nc(NC(=O)CN(CCN(C)C)C(=O)COc2ccccc2)sc1C. The van der Waals surface area contributed by atoms with Crippen LogP contribution in [0.1, 0.15) is 10.6 Å². The van der Waals surface area contributed by atoms with Crippen molar-refractivity contribution in [2.45, 2.75) is 13.8 Å². The molecule has 0 unspecified atom stereocenters. The number of benzene rings is 1. The van der Waals surface area contributed by atoms with E-state index in [4.69, 9.17) is 4.74 Å². The fourth-order valence-corrected chi connectivity index (χ4v) is 3.05. The number of likely N-dealkylation sites (N-methyl/N-ethyl adjacent to an activating group) is 1. The molecule has 0 aliphatic heterocycles. The minimum Gasteiger partial charge on any atom is -0.484 e. The van der Waals surface area contributed by atoms with Gasteiger partial charge in [-0.05, 0) is 40.1 Å². The quantitative estimate of drug-likeness (QED) is 0.710. The molecule has 0 saturated carbocycles. The van der Waals surface area contributed by atoms with Crippen molar-refractivity contribution < 1.29 is 14.3 Å². The molecular weight excluding hydrogens is 364 g/mol. The summed E-state index contributed by atoms with van der Waals surface area (Å²) >= 11 is 1.42. The Morgan fingerprint density at radius 2 is 1.85 bits per heavy atom. The lowest BCUT2D eigenvalue weighted by Gasteiger charge is -2.23. The van der Waals surface area contributed by atoms with Crippen LogP contribution in [0.5, 0.6) is 5.75 Å². The Morgan fingerprint density at radius 3 is 2.44 bits per heavy atom. The van der Waals surface area contributed by atoms with Crippen molar-refractivity contribution in [1.82, 2.24) is 14.8 Å². The van der Waals surface area contributed by atoms with E-state index in [9.17, 15) is 9.59 Å². The van der Waals surface area contributed by atoms with E-state index in [0.717, 1.165) is 10.6 Å². The minimum atomic E-state index is -0.268. The maximum Gasteiger partial charge on any atom is 0.261 e. The first kappa shape index (κ1) is 20.9. The predicted octanol–water partition coefficient (Wildman–Crippen LogP) is 2.17. The molecule has 2 amide bonds. The summed E-state index contributed by atoms with van der Waals surface area (Å²) in [5.41, 5.74) is 0.895. The van der Waals surface area contributed by atoms with E-state index in [1.54, 1.807) is 12.1 Å². The zero-order valence-electron chi connectivity index (χ0n) is 16.2. The smallest absolute Gasteiger partial charge is 0.261 e. The van der Waals surface area contributed by atoms with Crippen LogP contribution in [-0.2, 0) is 9.59 Å². The van der Waals surface area contributed by atoms with Crippen LogP contribution in [0.3, 0.4) is 0 Å². The van der Waals surface area contributed by atoms with Gasteiger partial charge in [0.1, 0.15) is 12.3 Å². The van der Waals surface area contributed by atoms with Gasteiger partial charge in [-0.2, -0.15) is 0 Å². The van der Waals surface area contributed by atoms with Crippen molar-refractivity contribution in [3.63, 3.8) is 0 Å². The summed E-state index contributed by atoms with van der Waals surface area (Å²) in [6, 6.07) is 9.14. The molecule has 2 rings (SSSR count). The van der Waals surface area contributed by atoms with Crippen LogP contribution in [-0.4, -0.2) is 66.9 Å². The number of amides is 2. The van der Waals surface area contributed by atoms with Crippen LogP contribution in [0, 0.1) is 13.8 Å². The standard InChI is InChI=1S/C19H26N4O3S/c1-14-15(2)27-19(20-14)21-17(24)12-23(11-10-22(3)4)18(25)13-26-16-8-6-5-7-9-16/h5-9H,10-13H2,1-4H3,(H,20,21,24). The van der Waals surface area contributed by atoms with E-state index in [-0.39, 0.29) is 25.0 Å². The first-order chi connectivity index (χ1) is 12.8. The van der Waals surface area contributed by atoms with E-state index in [0.29, 0.717) is 24.0 Å². The van der Waals surface area contributed by atoms with Gasteiger partial charge in [0.25, 0.3) is 5.91 Å². The van der Waals surface area contributed by atoms with Gasteiger partial charge < -0.3 is 19.9 Å². The van der Waals surface area contributed by atoms with Gasteiger partial charge in [0.2, 0.25) is 5.91 Å². The average Bonchev–Trinajstić information content (AvgIpc) is 2.94. The number of thiazole rings is 1. The van der Waals surface area contributed by atoms with Crippen LogP contribution in [0.25, 0.3) is 0 Å². The second-order valence-electron chi connectivity index (χ2n) is 6.43. The first-order valence-electron chi connectivity index (χ1n) is 8.69. The van der Waals surface area contributed by atoms with Gasteiger partial charge in [0, 0.05) is 18.0 Å². The molecule has 0 aliphatic carbocycles. The second kappa shape index (κ2) is 10.0. The third kappa shape index (κ3) is 6.99. The van der Waals surface area contributed by atoms with Gasteiger partial charge in [0.05, 0.1) is 5.69 Å². The number of aromatic nitrogens is 1. The van der Waals surface area contributed by atoms with Gasteiger partial charge in [-0.25, -0.2) is 4.98 Å².